The molecule has 1 unspecified atom stereocenters. The smallest absolute Gasteiger partial charge is 0.333 e. The van der Waals surface area contributed by atoms with Gasteiger partial charge >= 0.3 is 5.97 Å². The molecule has 2 aliphatic carbocycles. The SMILES string of the molecule is C=C(C)CCC[C@]1(C)CCC=C2[C@H]1CC[C@@H](C)[C@@]2(C)C[C@@H](O)C1=CC(=O)OC1O. The first kappa shape index (κ1) is 22.3. The fraction of sp³-hybridized carbons (Fsp3) is 0.720. The van der Waals surface area contributed by atoms with E-state index in [0.717, 1.165) is 19.3 Å². The molecule has 0 spiro atoms. The highest BCUT2D eigenvalue weighted by Crippen LogP contribution is 2.59. The van der Waals surface area contributed by atoms with Crippen LogP contribution in [0.3, 0.4) is 0 Å². The minimum absolute atomic E-state index is 0.148. The lowest BCUT2D eigenvalue weighted by Crippen LogP contribution is -2.45. The fourth-order valence-electron chi connectivity index (χ4n) is 6.02. The number of esters is 1. The molecule has 0 aromatic rings. The summed E-state index contributed by atoms with van der Waals surface area (Å²) < 4.78 is 4.79. The van der Waals surface area contributed by atoms with Crippen LogP contribution in [0.4, 0.5) is 0 Å². The second-order valence-corrected chi connectivity index (χ2v) is 10.3. The van der Waals surface area contributed by atoms with Gasteiger partial charge in [-0.2, -0.15) is 0 Å². The summed E-state index contributed by atoms with van der Waals surface area (Å²) in [4.78, 5) is 11.5. The van der Waals surface area contributed by atoms with E-state index in [4.69, 9.17) is 4.74 Å². The first-order valence-electron chi connectivity index (χ1n) is 11.2. The van der Waals surface area contributed by atoms with Gasteiger partial charge in [0.25, 0.3) is 0 Å². The first-order chi connectivity index (χ1) is 13.6. The van der Waals surface area contributed by atoms with Crippen LogP contribution in [0.1, 0.15) is 79.1 Å². The van der Waals surface area contributed by atoms with E-state index in [1.807, 2.05) is 0 Å². The summed E-state index contributed by atoms with van der Waals surface area (Å²) >= 11 is 0. The molecule has 162 valence electrons. The molecule has 0 radical (unpaired) electrons. The van der Waals surface area contributed by atoms with Gasteiger partial charge in [0.05, 0.1) is 6.10 Å². The van der Waals surface area contributed by atoms with Crippen molar-refractivity contribution in [1.82, 2.24) is 0 Å². The molecule has 2 N–H and O–H groups in total. The fourth-order valence-corrected chi connectivity index (χ4v) is 6.02. The van der Waals surface area contributed by atoms with Gasteiger partial charge in [-0.3, -0.25) is 0 Å². The zero-order valence-corrected chi connectivity index (χ0v) is 18.5. The molecule has 3 aliphatic rings. The summed E-state index contributed by atoms with van der Waals surface area (Å²) in [5.41, 5.74) is 3.18. The predicted octanol–water partition coefficient (Wildman–Crippen LogP) is 5.06. The second-order valence-electron chi connectivity index (χ2n) is 10.3. The van der Waals surface area contributed by atoms with E-state index in [1.54, 1.807) is 0 Å². The third-order valence-electron chi connectivity index (χ3n) is 8.08. The summed E-state index contributed by atoms with van der Waals surface area (Å²) in [5, 5.41) is 20.9. The van der Waals surface area contributed by atoms with Crippen LogP contribution in [-0.4, -0.2) is 28.6 Å². The number of aliphatic hydroxyl groups excluding tert-OH is 2. The molecule has 29 heavy (non-hydrogen) atoms. The molecule has 0 bridgehead atoms. The first-order valence-corrected chi connectivity index (χ1v) is 11.2. The van der Waals surface area contributed by atoms with Crippen LogP contribution >= 0.6 is 0 Å². The summed E-state index contributed by atoms with van der Waals surface area (Å²) in [6.45, 7) is 13.2. The van der Waals surface area contributed by atoms with Crippen molar-refractivity contribution in [3.63, 3.8) is 0 Å². The number of carbonyl (C=O) groups excluding carboxylic acids is 1. The Bertz CT molecular complexity index is 720. The van der Waals surface area contributed by atoms with E-state index in [-0.39, 0.29) is 10.8 Å². The Morgan fingerprint density at radius 3 is 2.72 bits per heavy atom. The van der Waals surface area contributed by atoms with E-state index in [2.05, 4.69) is 40.3 Å². The minimum atomic E-state index is -1.32. The number of hydrogen-bond donors (Lipinski definition) is 2. The number of allylic oxidation sites excluding steroid dienone is 3. The Balaban J connectivity index is 1.81. The highest BCUT2D eigenvalue weighted by molar-refractivity contribution is 5.85. The van der Waals surface area contributed by atoms with Crippen LogP contribution in [0.25, 0.3) is 0 Å². The molecule has 0 aromatic carbocycles. The Kier molecular flexibility index (Phi) is 6.45. The van der Waals surface area contributed by atoms with Crippen molar-refractivity contribution in [1.29, 1.82) is 0 Å². The predicted molar refractivity (Wildman–Crippen MR) is 115 cm³/mol. The Morgan fingerprint density at radius 1 is 1.38 bits per heavy atom. The molecule has 1 saturated carbocycles. The number of carbonyl (C=O) groups is 1. The number of cyclic esters (lactones) is 1. The third-order valence-corrected chi connectivity index (χ3v) is 8.08. The lowest BCUT2D eigenvalue weighted by atomic mass is 9.50. The summed E-state index contributed by atoms with van der Waals surface area (Å²) in [7, 11) is 0. The molecule has 1 aliphatic heterocycles. The van der Waals surface area contributed by atoms with E-state index >= 15 is 0 Å². The van der Waals surface area contributed by atoms with E-state index in [0.29, 0.717) is 23.8 Å². The van der Waals surface area contributed by atoms with Gasteiger partial charge in [-0.1, -0.05) is 38.0 Å². The lowest BCUT2D eigenvalue weighted by Gasteiger charge is -2.54. The Hall–Kier alpha value is -1.39. The second kappa shape index (κ2) is 8.39. The highest BCUT2D eigenvalue weighted by atomic mass is 16.6. The molecule has 1 heterocycles. The minimum Gasteiger partial charge on any atom is -0.429 e. The standard InChI is InChI=1S/C25H38O4/c1-16(2)8-6-12-24(4)13-7-9-20-19(24)11-10-17(3)25(20,5)15-21(26)18-14-22(27)29-23(18)28/h9,14,17,19,21,23,26,28H,1,6-8,10-13,15H2,2-5H3/t17-,19-,21-,23?,24-,25-/m1/s1. The van der Waals surface area contributed by atoms with Crippen LogP contribution in [0, 0.1) is 22.7 Å². The van der Waals surface area contributed by atoms with Crippen LogP contribution in [0.2, 0.25) is 0 Å². The Morgan fingerprint density at radius 2 is 2.10 bits per heavy atom. The number of fused-ring (bicyclic) bond motifs is 1. The van der Waals surface area contributed by atoms with Gasteiger partial charge < -0.3 is 14.9 Å². The maximum Gasteiger partial charge on any atom is 0.333 e. The zero-order chi connectivity index (χ0) is 21.4. The van der Waals surface area contributed by atoms with Crippen LogP contribution in [0.5, 0.6) is 0 Å². The number of rotatable bonds is 7. The summed E-state index contributed by atoms with van der Waals surface area (Å²) in [5.74, 6) is 0.400. The maximum absolute atomic E-state index is 11.5. The van der Waals surface area contributed by atoms with Gasteiger partial charge in [0, 0.05) is 11.6 Å². The average Bonchev–Trinajstić information content (AvgIpc) is 2.97. The molecule has 3 rings (SSSR count). The van der Waals surface area contributed by atoms with E-state index in [9.17, 15) is 15.0 Å². The quantitative estimate of drug-likeness (QED) is 0.461. The summed E-state index contributed by atoms with van der Waals surface area (Å²) in [6, 6.07) is 0. The monoisotopic (exact) mass is 402 g/mol. The van der Waals surface area contributed by atoms with Gasteiger partial charge in [-0.15, -0.1) is 6.58 Å². The third kappa shape index (κ3) is 4.39. The van der Waals surface area contributed by atoms with E-state index < -0.39 is 18.4 Å². The van der Waals surface area contributed by atoms with Crippen LogP contribution < -0.4 is 0 Å². The van der Waals surface area contributed by atoms with Crippen molar-refractivity contribution in [2.45, 2.75) is 91.5 Å². The van der Waals surface area contributed by atoms with Crippen molar-refractivity contribution in [3.05, 3.63) is 35.5 Å². The maximum atomic E-state index is 11.5. The number of hydrogen-bond acceptors (Lipinski definition) is 4. The van der Waals surface area contributed by atoms with Crippen LogP contribution in [0.15, 0.2) is 35.5 Å². The van der Waals surface area contributed by atoms with Crippen molar-refractivity contribution in [3.8, 4) is 0 Å². The van der Waals surface area contributed by atoms with Crippen molar-refractivity contribution in [2.24, 2.45) is 22.7 Å². The molecule has 4 nitrogen and oxygen atoms in total. The Labute approximate surface area is 175 Å². The molecule has 4 heteroatoms. The normalized spacial score (nSPS) is 38.0. The van der Waals surface area contributed by atoms with Gasteiger partial charge in [0.1, 0.15) is 0 Å². The number of ether oxygens (including phenoxy) is 1. The average molecular weight is 403 g/mol. The van der Waals surface area contributed by atoms with Crippen molar-refractivity contribution >= 4 is 5.97 Å². The van der Waals surface area contributed by atoms with Crippen LogP contribution in [-0.2, 0) is 9.53 Å². The summed E-state index contributed by atoms with van der Waals surface area (Å²) in [6.07, 6.45) is 10.1. The van der Waals surface area contributed by atoms with Gasteiger partial charge in [0.15, 0.2) is 0 Å². The van der Waals surface area contributed by atoms with Gasteiger partial charge in [-0.25, -0.2) is 4.79 Å². The molecule has 0 aromatic heterocycles. The molecule has 1 fully saturated rings. The molecule has 0 amide bonds. The zero-order valence-electron chi connectivity index (χ0n) is 18.5. The molecular formula is C25H38O4. The van der Waals surface area contributed by atoms with Crippen molar-refractivity contribution in [2.75, 3.05) is 0 Å². The number of aliphatic hydroxyl groups is 2. The van der Waals surface area contributed by atoms with Gasteiger partial charge in [0.2, 0.25) is 6.29 Å². The lowest BCUT2D eigenvalue weighted by molar-refractivity contribution is -0.152. The topological polar surface area (TPSA) is 66.8 Å². The molecular weight excluding hydrogens is 364 g/mol. The molecule has 0 saturated heterocycles. The van der Waals surface area contributed by atoms with Crippen molar-refractivity contribution < 1.29 is 19.7 Å². The highest BCUT2D eigenvalue weighted by Gasteiger charge is 2.50. The van der Waals surface area contributed by atoms with E-state index in [1.165, 1.54) is 42.9 Å². The largest absolute Gasteiger partial charge is 0.429 e. The molecule has 6 atom stereocenters. The van der Waals surface area contributed by atoms with Gasteiger partial charge in [-0.05, 0) is 81.0 Å².